The molecule has 0 spiro atoms. The Bertz CT molecular complexity index is 828. The Balaban J connectivity index is 1.85. The van der Waals surface area contributed by atoms with Crippen molar-refractivity contribution in [2.75, 3.05) is 14.2 Å². The first-order chi connectivity index (χ1) is 12.7. The molecule has 1 unspecified atom stereocenters. The summed E-state index contributed by atoms with van der Waals surface area (Å²) in [7, 11) is 3.10. The third-order valence-corrected chi connectivity index (χ3v) is 3.93. The molecular formula is C19H20N4O3. The summed E-state index contributed by atoms with van der Waals surface area (Å²) >= 11 is 0. The van der Waals surface area contributed by atoms with E-state index in [2.05, 4.69) is 15.5 Å². The summed E-state index contributed by atoms with van der Waals surface area (Å²) in [5.74, 6) is 0.877. The van der Waals surface area contributed by atoms with Gasteiger partial charge in [-0.05, 0) is 17.7 Å². The lowest BCUT2D eigenvalue weighted by Crippen LogP contribution is -2.32. The maximum Gasteiger partial charge on any atom is 0.252 e. The lowest BCUT2D eigenvalue weighted by molar-refractivity contribution is 0.0930. The molecule has 1 aromatic heterocycles. The molecule has 0 aliphatic rings. The first-order valence-electron chi connectivity index (χ1n) is 8.12. The Kier molecular flexibility index (Phi) is 5.48. The highest BCUT2D eigenvalue weighted by atomic mass is 16.5. The van der Waals surface area contributed by atoms with Crippen molar-refractivity contribution >= 4 is 5.91 Å². The fourth-order valence-electron chi connectivity index (χ4n) is 2.60. The Morgan fingerprint density at radius 3 is 2.23 bits per heavy atom. The summed E-state index contributed by atoms with van der Waals surface area (Å²) in [5.41, 5.74) is 1.42. The normalized spacial score (nSPS) is 11.6. The molecule has 0 fully saturated rings. The van der Waals surface area contributed by atoms with Crippen LogP contribution in [0.4, 0.5) is 0 Å². The fourth-order valence-corrected chi connectivity index (χ4v) is 2.60. The highest BCUT2D eigenvalue weighted by Crippen LogP contribution is 2.23. The summed E-state index contributed by atoms with van der Waals surface area (Å²) in [6.07, 6.45) is 3.22. The molecule has 2 aromatic carbocycles. The van der Waals surface area contributed by atoms with Gasteiger partial charge >= 0.3 is 0 Å². The van der Waals surface area contributed by atoms with Crippen molar-refractivity contribution in [3.05, 3.63) is 72.1 Å². The summed E-state index contributed by atoms with van der Waals surface area (Å²) in [4.78, 5) is 14.4. The number of nitrogens with zero attached hydrogens (tertiary/aromatic N) is 3. The number of ether oxygens (including phenoxy) is 2. The minimum absolute atomic E-state index is 0.233. The minimum Gasteiger partial charge on any atom is -0.497 e. The van der Waals surface area contributed by atoms with Gasteiger partial charge in [-0.2, -0.15) is 15.0 Å². The number of amides is 1. The van der Waals surface area contributed by atoms with E-state index in [0.29, 0.717) is 23.6 Å². The molecule has 1 atom stereocenters. The number of nitrogens with one attached hydrogen (secondary N) is 1. The molecule has 134 valence electrons. The van der Waals surface area contributed by atoms with Crippen LogP contribution in [-0.4, -0.2) is 35.1 Å². The number of carbonyl (C=O) groups excluding carboxylic acids is 1. The minimum atomic E-state index is -0.284. The predicted octanol–water partition coefficient (Wildman–Crippen LogP) is 2.47. The van der Waals surface area contributed by atoms with Gasteiger partial charge in [0.15, 0.2) is 0 Å². The molecule has 0 aliphatic carbocycles. The van der Waals surface area contributed by atoms with Crippen LogP contribution in [0.2, 0.25) is 0 Å². The second kappa shape index (κ2) is 8.15. The molecule has 26 heavy (non-hydrogen) atoms. The van der Waals surface area contributed by atoms with Gasteiger partial charge < -0.3 is 14.8 Å². The zero-order valence-electron chi connectivity index (χ0n) is 14.6. The van der Waals surface area contributed by atoms with Crippen molar-refractivity contribution in [2.24, 2.45) is 0 Å². The van der Waals surface area contributed by atoms with Gasteiger partial charge in [0.05, 0.1) is 39.2 Å². The highest BCUT2D eigenvalue weighted by Gasteiger charge is 2.18. The summed E-state index contributed by atoms with van der Waals surface area (Å²) in [6, 6.07) is 14.5. The Labute approximate surface area is 151 Å². The maximum absolute atomic E-state index is 12.8. The number of hydrogen-bond donors (Lipinski definition) is 1. The molecule has 1 amide bonds. The molecule has 0 aliphatic heterocycles. The number of hydrogen-bond acceptors (Lipinski definition) is 5. The molecule has 0 bridgehead atoms. The number of methoxy groups -OCH3 is 2. The van der Waals surface area contributed by atoms with Crippen LogP contribution in [0.15, 0.2) is 60.9 Å². The van der Waals surface area contributed by atoms with Crippen molar-refractivity contribution in [3.8, 4) is 11.5 Å². The Hall–Kier alpha value is -3.35. The molecule has 3 rings (SSSR count). The second-order valence-corrected chi connectivity index (χ2v) is 5.62. The Morgan fingerprint density at radius 2 is 1.65 bits per heavy atom. The van der Waals surface area contributed by atoms with E-state index in [9.17, 15) is 4.79 Å². The van der Waals surface area contributed by atoms with Gasteiger partial charge in [0.1, 0.15) is 11.5 Å². The van der Waals surface area contributed by atoms with Crippen molar-refractivity contribution in [1.82, 2.24) is 20.3 Å². The van der Waals surface area contributed by atoms with Crippen LogP contribution in [0, 0.1) is 0 Å². The molecule has 3 aromatic rings. The number of carbonyl (C=O) groups is 1. The zero-order valence-corrected chi connectivity index (χ0v) is 14.6. The monoisotopic (exact) mass is 352 g/mol. The van der Waals surface area contributed by atoms with Crippen LogP contribution >= 0.6 is 0 Å². The first kappa shape index (κ1) is 17.5. The average molecular weight is 352 g/mol. The van der Waals surface area contributed by atoms with E-state index in [4.69, 9.17) is 9.47 Å². The standard InChI is InChI=1S/C19H20N4O3/c1-25-16-10-15(11-17(12-16)26-2)19(24)22-18(13-23-20-8-9-21-23)14-6-4-3-5-7-14/h3-12,18H,13H2,1-2H3,(H,22,24). The van der Waals surface area contributed by atoms with E-state index in [1.165, 1.54) is 0 Å². The van der Waals surface area contributed by atoms with Crippen molar-refractivity contribution in [3.63, 3.8) is 0 Å². The molecule has 7 nitrogen and oxygen atoms in total. The van der Waals surface area contributed by atoms with Crippen LogP contribution in [0.1, 0.15) is 22.0 Å². The average Bonchev–Trinajstić information content (AvgIpc) is 3.20. The molecule has 0 saturated carbocycles. The molecule has 0 radical (unpaired) electrons. The van der Waals surface area contributed by atoms with Crippen LogP contribution in [0.3, 0.4) is 0 Å². The zero-order chi connectivity index (χ0) is 18.4. The van der Waals surface area contributed by atoms with Crippen LogP contribution in [0.25, 0.3) is 0 Å². The van der Waals surface area contributed by atoms with Gasteiger partial charge in [0.25, 0.3) is 5.91 Å². The SMILES string of the molecule is COc1cc(OC)cc(C(=O)NC(Cn2nccn2)c2ccccc2)c1. The third kappa shape index (κ3) is 4.18. The molecule has 7 heteroatoms. The van der Waals surface area contributed by atoms with E-state index in [1.54, 1.807) is 49.6 Å². The van der Waals surface area contributed by atoms with Gasteiger partial charge in [0, 0.05) is 11.6 Å². The van der Waals surface area contributed by atoms with Crippen molar-refractivity contribution in [1.29, 1.82) is 0 Å². The molecule has 0 saturated heterocycles. The summed E-state index contributed by atoms with van der Waals surface area (Å²) in [5, 5.41) is 11.3. The number of aromatic nitrogens is 3. The van der Waals surface area contributed by atoms with Crippen LogP contribution < -0.4 is 14.8 Å². The van der Waals surface area contributed by atoms with Gasteiger partial charge in [-0.3, -0.25) is 4.79 Å². The predicted molar refractivity (Wildman–Crippen MR) is 96.2 cm³/mol. The van der Waals surface area contributed by atoms with Crippen molar-refractivity contribution in [2.45, 2.75) is 12.6 Å². The lowest BCUT2D eigenvalue weighted by Gasteiger charge is -2.19. The maximum atomic E-state index is 12.8. The molecule has 1 heterocycles. The van der Waals surface area contributed by atoms with Crippen LogP contribution in [0.5, 0.6) is 11.5 Å². The van der Waals surface area contributed by atoms with E-state index >= 15 is 0 Å². The Morgan fingerprint density at radius 1 is 1.04 bits per heavy atom. The quantitative estimate of drug-likeness (QED) is 0.707. The van der Waals surface area contributed by atoms with Gasteiger partial charge in [-0.15, -0.1) is 0 Å². The van der Waals surface area contributed by atoms with E-state index in [0.717, 1.165) is 5.56 Å². The van der Waals surface area contributed by atoms with E-state index in [-0.39, 0.29) is 11.9 Å². The second-order valence-electron chi connectivity index (χ2n) is 5.62. The highest BCUT2D eigenvalue weighted by molar-refractivity contribution is 5.95. The molecule has 1 N–H and O–H groups in total. The van der Waals surface area contributed by atoms with Crippen molar-refractivity contribution < 1.29 is 14.3 Å². The van der Waals surface area contributed by atoms with Gasteiger partial charge in [0.2, 0.25) is 0 Å². The third-order valence-electron chi connectivity index (χ3n) is 3.93. The summed E-state index contributed by atoms with van der Waals surface area (Å²) in [6.45, 7) is 0.420. The van der Waals surface area contributed by atoms with E-state index in [1.807, 2.05) is 30.3 Å². The number of rotatable bonds is 7. The number of benzene rings is 2. The summed E-state index contributed by atoms with van der Waals surface area (Å²) < 4.78 is 10.5. The van der Waals surface area contributed by atoms with Crippen LogP contribution in [-0.2, 0) is 6.54 Å². The molecular weight excluding hydrogens is 332 g/mol. The van der Waals surface area contributed by atoms with E-state index < -0.39 is 0 Å². The fraction of sp³-hybridized carbons (Fsp3) is 0.211. The topological polar surface area (TPSA) is 78.3 Å². The lowest BCUT2D eigenvalue weighted by atomic mass is 10.1. The smallest absolute Gasteiger partial charge is 0.252 e. The van der Waals surface area contributed by atoms with Gasteiger partial charge in [-0.25, -0.2) is 0 Å². The first-order valence-corrected chi connectivity index (χ1v) is 8.12. The van der Waals surface area contributed by atoms with Gasteiger partial charge in [-0.1, -0.05) is 30.3 Å². The largest absolute Gasteiger partial charge is 0.497 e.